The fourth-order valence-corrected chi connectivity index (χ4v) is 1.39. The quantitative estimate of drug-likeness (QED) is 0.691. The van der Waals surface area contributed by atoms with E-state index in [0.717, 1.165) is 6.42 Å². The number of hydrogen-bond donors (Lipinski definition) is 2. The minimum atomic E-state index is -0.595. The molecule has 0 rings (SSSR count). The standard InChI is InChI=1S/C12H27NO/c1-7-11(9(2)3)13-8-12(6,14)10(4)5/h9-11,13-14H,7-8H2,1-6H3. The van der Waals surface area contributed by atoms with Gasteiger partial charge in [0.1, 0.15) is 0 Å². The van der Waals surface area contributed by atoms with Crippen LogP contribution in [0.3, 0.4) is 0 Å². The van der Waals surface area contributed by atoms with Gasteiger partial charge in [-0.05, 0) is 25.2 Å². The molecule has 0 saturated heterocycles. The van der Waals surface area contributed by atoms with E-state index in [9.17, 15) is 5.11 Å². The predicted molar refractivity (Wildman–Crippen MR) is 62.4 cm³/mol. The van der Waals surface area contributed by atoms with Crippen molar-refractivity contribution in [1.82, 2.24) is 5.32 Å². The van der Waals surface area contributed by atoms with Crippen LogP contribution < -0.4 is 5.32 Å². The molecule has 86 valence electrons. The second-order valence-electron chi connectivity index (χ2n) is 5.15. The van der Waals surface area contributed by atoms with Crippen molar-refractivity contribution in [3.63, 3.8) is 0 Å². The number of nitrogens with one attached hydrogen (secondary N) is 1. The summed E-state index contributed by atoms with van der Waals surface area (Å²) in [5, 5.41) is 13.5. The molecule has 2 heteroatoms. The third kappa shape index (κ3) is 4.43. The Bertz CT molecular complexity index is 152. The molecule has 0 radical (unpaired) electrons. The highest BCUT2D eigenvalue weighted by molar-refractivity contribution is 4.81. The predicted octanol–water partition coefficient (Wildman–Crippen LogP) is 2.42. The summed E-state index contributed by atoms with van der Waals surface area (Å²) in [5.74, 6) is 0.919. The van der Waals surface area contributed by atoms with Crippen LogP contribution in [0.4, 0.5) is 0 Å². The SMILES string of the molecule is CCC(NCC(C)(O)C(C)C)C(C)C. The maximum atomic E-state index is 10.1. The minimum absolute atomic E-state index is 0.291. The van der Waals surface area contributed by atoms with E-state index >= 15 is 0 Å². The third-order valence-corrected chi connectivity index (χ3v) is 3.21. The van der Waals surface area contributed by atoms with Crippen LogP contribution in [0.1, 0.15) is 48.0 Å². The van der Waals surface area contributed by atoms with Gasteiger partial charge in [0.2, 0.25) is 0 Å². The highest BCUT2D eigenvalue weighted by atomic mass is 16.3. The highest BCUT2D eigenvalue weighted by Crippen LogP contribution is 2.16. The van der Waals surface area contributed by atoms with Crippen LogP contribution in [0.5, 0.6) is 0 Å². The fraction of sp³-hybridized carbons (Fsp3) is 1.00. The maximum absolute atomic E-state index is 10.1. The largest absolute Gasteiger partial charge is 0.389 e. The molecule has 2 unspecified atom stereocenters. The smallest absolute Gasteiger partial charge is 0.0766 e. The minimum Gasteiger partial charge on any atom is -0.389 e. The molecular weight excluding hydrogens is 174 g/mol. The zero-order chi connectivity index (χ0) is 11.4. The van der Waals surface area contributed by atoms with Gasteiger partial charge >= 0.3 is 0 Å². The first-order valence-electron chi connectivity index (χ1n) is 5.77. The Morgan fingerprint density at radius 3 is 2.00 bits per heavy atom. The van der Waals surface area contributed by atoms with E-state index in [2.05, 4.69) is 39.9 Å². The molecule has 0 aromatic carbocycles. The number of rotatable bonds is 6. The molecule has 0 aliphatic carbocycles. The Morgan fingerprint density at radius 2 is 1.71 bits per heavy atom. The molecular formula is C12H27NO. The summed E-state index contributed by atoms with van der Waals surface area (Å²) in [6, 6.07) is 0.514. The summed E-state index contributed by atoms with van der Waals surface area (Å²) in [6.07, 6.45) is 1.12. The lowest BCUT2D eigenvalue weighted by Crippen LogP contribution is -2.47. The molecule has 14 heavy (non-hydrogen) atoms. The van der Waals surface area contributed by atoms with Crippen LogP contribution in [0.25, 0.3) is 0 Å². The molecule has 2 nitrogen and oxygen atoms in total. The van der Waals surface area contributed by atoms with Gasteiger partial charge in [-0.1, -0.05) is 34.6 Å². The van der Waals surface area contributed by atoms with E-state index in [1.165, 1.54) is 0 Å². The Balaban J connectivity index is 4.02. The van der Waals surface area contributed by atoms with Gasteiger partial charge in [-0.3, -0.25) is 0 Å². The molecule has 0 amide bonds. The molecule has 0 fully saturated rings. The molecule has 0 spiro atoms. The summed E-state index contributed by atoms with van der Waals surface area (Å²) in [7, 11) is 0. The van der Waals surface area contributed by atoms with Crippen LogP contribution in [-0.4, -0.2) is 23.3 Å². The Hall–Kier alpha value is -0.0800. The Kier molecular flexibility index (Phi) is 5.68. The fourth-order valence-electron chi connectivity index (χ4n) is 1.39. The number of aliphatic hydroxyl groups is 1. The van der Waals surface area contributed by atoms with Gasteiger partial charge in [-0.15, -0.1) is 0 Å². The van der Waals surface area contributed by atoms with Gasteiger partial charge in [0.15, 0.2) is 0 Å². The lowest BCUT2D eigenvalue weighted by Gasteiger charge is -2.31. The van der Waals surface area contributed by atoms with E-state index in [4.69, 9.17) is 0 Å². The molecule has 0 heterocycles. The Labute approximate surface area is 89.1 Å². The lowest BCUT2D eigenvalue weighted by molar-refractivity contribution is 0.0104. The van der Waals surface area contributed by atoms with Crippen molar-refractivity contribution in [2.45, 2.75) is 59.6 Å². The summed E-state index contributed by atoms with van der Waals surface area (Å²) in [4.78, 5) is 0. The van der Waals surface area contributed by atoms with Crippen molar-refractivity contribution >= 4 is 0 Å². The summed E-state index contributed by atoms with van der Waals surface area (Å²) < 4.78 is 0. The summed E-state index contributed by atoms with van der Waals surface area (Å²) in [6.45, 7) is 13.3. The second-order valence-corrected chi connectivity index (χ2v) is 5.15. The van der Waals surface area contributed by atoms with Gasteiger partial charge < -0.3 is 10.4 Å². The average molecular weight is 201 g/mol. The molecule has 0 saturated carbocycles. The van der Waals surface area contributed by atoms with Crippen LogP contribution in [-0.2, 0) is 0 Å². The van der Waals surface area contributed by atoms with Crippen LogP contribution >= 0.6 is 0 Å². The van der Waals surface area contributed by atoms with Crippen LogP contribution in [0, 0.1) is 11.8 Å². The van der Waals surface area contributed by atoms with E-state index in [-0.39, 0.29) is 0 Å². The van der Waals surface area contributed by atoms with Crippen molar-refractivity contribution in [2.75, 3.05) is 6.54 Å². The van der Waals surface area contributed by atoms with Gasteiger partial charge in [0.05, 0.1) is 5.60 Å². The zero-order valence-corrected chi connectivity index (χ0v) is 10.6. The normalized spacial score (nSPS) is 18.6. The van der Waals surface area contributed by atoms with Gasteiger partial charge in [-0.2, -0.15) is 0 Å². The van der Waals surface area contributed by atoms with E-state index in [1.54, 1.807) is 0 Å². The van der Waals surface area contributed by atoms with Gasteiger partial charge in [-0.25, -0.2) is 0 Å². The number of hydrogen-bond acceptors (Lipinski definition) is 2. The van der Waals surface area contributed by atoms with Crippen molar-refractivity contribution in [3.05, 3.63) is 0 Å². The van der Waals surface area contributed by atoms with Gasteiger partial charge in [0, 0.05) is 12.6 Å². The second kappa shape index (κ2) is 5.72. The summed E-state index contributed by atoms with van der Waals surface area (Å²) >= 11 is 0. The zero-order valence-electron chi connectivity index (χ0n) is 10.6. The van der Waals surface area contributed by atoms with Crippen molar-refractivity contribution in [1.29, 1.82) is 0 Å². The topological polar surface area (TPSA) is 32.3 Å². The highest BCUT2D eigenvalue weighted by Gasteiger charge is 2.25. The molecule has 0 aliphatic heterocycles. The Morgan fingerprint density at radius 1 is 1.21 bits per heavy atom. The molecule has 2 atom stereocenters. The molecule has 2 N–H and O–H groups in total. The third-order valence-electron chi connectivity index (χ3n) is 3.21. The summed E-state index contributed by atoms with van der Waals surface area (Å²) in [5.41, 5.74) is -0.595. The van der Waals surface area contributed by atoms with Crippen LogP contribution in [0.15, 0.2) is 0 Å². The van der Waals surface area contributed by atoms with E-state index in [1.807, 2.05) is 6.92 Å². The van der Waals surface area contributed by atoms with E-state index < -0.39 is 5.60 Å². The van der Waals surface area contributed by atoms with Crippen molar-refractivity contribution in [3.8, 4) is 0 Å². The molecule has 0 aromatic rings. The first kappa shape index (κ1) is 13.9. The van der Waals surface area contributed by atoms with Gasteiger partial charge in [0.25, 0.3) is 0 Å². The first-order valence-corrected chi connectivity index (χ1v) is 5.77. The monoisotopic (exact) mass is 201 g/mol. The average Bonchev–Trinajstić information content (AvgIpc) is 2.04. The molecule has 0 aromatic heterocycles. The van der Waals surface area contributed by atoms with Crippen molar-refractivity contribution in [2.24, 2.45) is 11.8 Å². The lowest BCUT2D eigenvalue weighted by atomic mass is 9.91. The van der Waals surface area contributed by atoms with E-state index in [0.29, 0.717) is 24.4 Å². The van der Waals surface area contributed by atoms with Crippen LogP contribution in [0.2, 0.25) is 0 Å². The first-order chi connectivity index (χ1) is 6.31. The molecule has 0 bridgehead atoms. The van der Waals surface area contributed by atoms with Crippen molar-refractivity contribution < 1.29 is 5.11 Å². The molecule has 0 aliphatic rings. The maximum Gasteiger partial charge on any atom is 0.0766 e.